The summed E-state index contributed by atoms with van der Waals surface area (Å²) in [6, 6.07) is 4.11. The van der Waals surface area contributed by atoms with Crippen molar-refractivity contribution >= 4 is 17.5 Å². The van der Waals surface area contributed by atoms with Crippen LogP contribution in [0.15, 0.2) is 18.3 Å². The van der Waals surface area contributed by atoms with Crippen LogP contribution in [-0.4, -0.2) is 30.1 Å². The maximum Gasteiger partial charge on any atom is 0.319 e. The van der Waals surface area contributed by atoms with Crippen LogP contribution >= 0.6 is 0 Å². The van der Waals surface area contributed by atoms with E-state index in [2.05, 4.69) is 34.4 Å². The molecule has 1 aromatic rings. The lowest BCUT2D eigenvalue weighted by atomic mass is 10.3. The van der Waals surface area contributed by atoms with Gasteiger partial charge in [0.2, 0.25) is 0 Å². The first kappa shape index (κ1) is 14.6. The van der Waals surface area contributed by atoms with E-state index in [9.17, 15) is 4.79 Å². The van der Waals surface area contributed by atoms with Gasteiger partial charge in [-0.1, -0.05) is 13.8 Å². The summed E-state index contributed by atoms with van der Waals surface area (Å²) in [7, 11) is 0. The molecule has 1 saturated carbocycles. The normalized spacial score (nSPS) is 13.9. The minimum atomic E-state index is -0.138. The molecule has 1 aromatic heterocycles. The topological polar surface area (TPSA) is 57.3 Å². The Kier molecular flexibility index (Phi) is 5.21. The average molecular weight is 276 g/mol. The number of amides is 2. The lowest BCUT2D eigenvalue weighted by Gasteiger charge is -2.22. The molecule has 0 aromatic carbocycles. The number of carbonyl (C=O) groups excluding carboxylic acids is 1. The third-order valence-electron chi connectivity index (χ3n) is 3.23. The quantitative estimate of drug-likeness (QED) is 0.805. The Morgan fingerprint density at radius 3 is 2.50 bits per heavy atom. The van der Waals surface area contributed by atoms with Crippen molar-refractivity contribution in [2.75, 3.05) is 23.3 Å². The van der Waals surface area contributed by atoms with E-state index < -0.39 is 0 Å². The van der Waals surface area contributed by atoms with E-state index in [0.717, 1.165) is 50.3 Å². The van der Waals surface area contributed by atoms with Crippen molar-refractivity contribution in [3.8, 4) is 0 Å². The molecule has 0 radical (unpaired) electrons. The molecule has 0 atom stereocenters. The van der Waals surface area contributed by atoms with Crippen molar-refractivity contribution in [1.82, 2.24) is 10.3 Å². The van der Waals surface area contributed by atoms with E-state index in [1.807, 2.05) is 12.1 Å². The number of aromatic nitrogens is 1. The molecule has 1 aliphatic rings. The Labute approximate surface area is 120 Å². The SMILES string of the molecule is CCCN(CCC)c1ccc(NC(=O)NC2CC2)cn1. The molecule has 0 unspecified atom stereocenters. The Balaban J connectivity index is 1.91. The van der Waals surface area contributed by atoms with Crippen LogP contribution < -0.4 is 15.5 Å². The highest BCUT2D eigenvalue weighted by molar-refractivity contribution is 5.89. The fourth-order valence-electron chi connectivity index (χ4n) is 2.11. The lowest BCUT2D eigenvalue weighted by Crippen LogP contribution is -2.30. The number of hydrogen-bond acceptors (Lipinski definition) is 3. The first-order valence-corrected chi connectivity index (χ1v) is 7.51. The van der Waals surface area contributed by atoms with Crippen LogP contribution in [0.3, 0.4) is 0 Å². The summed E-state index contributed by atoms with van der Waals surface area (Å²) in [6.45, 7) is 6.35. The predicted octanol–water partition coefficient (Wildman–Crippen LogP) is 2.99. The highest BCUT2D eigenvalue weighted by atomic mass is 16.2. The summed E-state index contributed by atoms with van der Waals surface area (Å²) in [5.41, 5.74) is 0.736. The van der Waals surface area contributed by atoms with Crippen LogP contribution in [0.5, 0.6) is 0 Å². The Bertz CT molecular complexity index is 422. The summed E-state index contributed by atoms with van der Waals surface area (Å²) in [6.07, 6.45) is 6.11. The molecule has 5 heteroatoms. The molecule has 2 rings (SSSR count). The Morgan fingerprint density at radius 2 is 2.00 bits per heavy atom. The predicted molar refractivity (Wildman–Crippen MR) is 82.2 cm³/mol. The number of anilines is 2. The molecule has 1 heterocycles. The third-order valence-corrected chi connectivity index (χ3v) is 3.23. The average Bonchev–Trinajstić information content (AvgIpc) is 3.23. The van der Waals surface area contributed by atoms with Gasteiger partial charge in [-0.3, -0.25) is 0 Å². The lowest BCUT2D eigenvalue weighted by molar-refractivity contribution is 0.251. The third kappa shape index (κ3) is 4.40. The molecule has 2 N–H and O–H groups in total. The van der Waals surface area contributed by atoms with Gasteiger partial charge in [0.05, 0.1) is 11.9 Å². The second-order valence-corrected chi connectivity index (χ2v) is 5.26. The number of nitrogens with zero attached hydrogens (tertiary/aromatic N) is 2. The number of pyridine rings is 1. The van der Waals surface area contributed by atoms with E-state index in [1.165, 1.54) is 0 Å². The molecule has 5 nitrogen and oxygen atoms in total. The minimum Gasteiger partial charge on any atom is -0.357 e. The van der Waals surface area contributed by atoms with Crippen LogP contribution in [0.4, 0.5) is 16.3 Å². The standard InChI is InChI=1S/C15H24N4O/c1-3-9-19(10-4-2)14-8-7-13(11-16-14)18-15(20)17-12-5-6-12/h7-8,11-12H,3-6,9-10H2,1-2H3,(H2,17,18,20). The summed E-state index contributed by atoms with van der Waals surface area (Å²) in [5.74, 6) is 0.974. The van der Waals surface area contributed by atoms with Gasteiger partial charge in [-0.05, 0) is 37.8 Å². The summed E-state index contributed by atoms with van der Waals surface area (Å²) < 4.78 is 0. The van der Waals surface area contributed by atoms with Gasteiger partial charge in [0.25, 0.3) is 0 Å². The van der Waals surface area contributed by atoms with Crippen molar-refractivity contribution in [3.05, 3.63) is 18.3 Å². The van der Waals surface area contributed by atoms with Crippen LogP contribution in [-0.2, 0) is 0 Å². The van der Waals surface area contributed by atoms with Crippen LogP contribution in [0.2, 0.25) is 0 Å². The van der Waals surface area contributed by atoms with Crippen molar-refractivity contribution in [1.29, 1.82) is 0 Å². The summed E-state index contributed by atoms with van der Waals surface area (Å²) >= 11 is 0. The van der Waals surface area contributed by atoms with E-state index in [1.54, 1.807) is 6.20 Å². The summed E-state index contributed by atoms with van der Waals surface area (Å²) in [5, 5.41) is 5.70. The van der Waals surface area contributed by atoms with Crippen LogP contribution in [0, 0.1) is 0 Å². The molecule has 0 saturated heterocycles. The fourth-order valence-corrected chi connectivity index (χ4v) is 2.11. The van der Waals surface area contributed by atoms with E-state index >= 15 is 0 Å². The molecule has 0 bridgehead atoms. The van der Waals surface area contributed by atoms with Gasteiger partial charge >= 0.3 is 6.03 Å². The van der Waals surface area contributed by atoms with Gasteiger partial charge in [0, 0.05) is 19.1 Å². The number of nitrogens with one attached hydrogen (secondary N) is 2. The second-order valence-electron chi connectivity index (χ2n) is 5.26. The first-order valence-electron chi connectivity index (χ1n) is 7.51. The highest BCUT2D eigenvalue weighted by Gasteiger charge is 2.23. The molecule has 110 valence electrons. The van der Waals surface area contributed by atoms with Crippen LogP contribution in [0.1, 0.15) is 39.5 Å². The van der Waals surface area contributed by atoms with Crippen molar-refractivity contribution in [2.45, 2.75) is 45.6 Å². The largest absolute Gasteiger partial charge is 0.357 e. The molecule has 0 aliphatic heterocycles. The maximum atomic E-state index is 11.6. The highest BCUT2D eigenvalue weighted by Crippen LogP contribution is 2.19. The van der Waals surface area contributed by atoms with Crippen molar-refractivity contribution in [2.24, 2.45) is 0 Å². The Morgan fingerprint density at radius 1 is 1.30 bits per heavy atom. The van der Waals surface area contributed by atoms with Crippen molar-refractivity contribution in [3.63, 3.8) is 0 Å². The molecule has 0 spiro atoms. The van der Waals surface area contributed by atoms with Gasteiger partial charge in [0.1, 0.15) is 5.82 Å². The zero-order valence-electron chi connectivity index (χ0n) is 12.4. The minimum absolute atomic E-state index is 0.138. The Hall–Kier alpha value is -1.78. The van der Waals surface area contributed by atoms with Gasteiger partial charge in [-0.2, -0.15) is 0 Å². The molecular weight excluding hydrogens is 252 g/mol. The maximum absolute atomic E-state index is 11.6. The van der Waals surface area contributed by atoms with E-state index in [-0.39, 0.29) is 6.03 Å². The molecular formula is C15H24N4O. The number of rotatable bonds is 7. The fraction of sp³-hybridized carbons (Fsp3) is 0.600. The number of carbonyl (C=O) groups is 1. The van der Waals surface area contributed by atoms with Crippen molar-refractivity contribution < 1.29 is 4.79 Å². The monoisotopic (exact) mass is 276 g/mol. The smallest absolute Gasteiger partial charge is 0.319 e. The molecule has 1 fully saturated rings. The zero-order valence-corrected chi connectivity index (χ0v) is 12.4. The molecule has 1 aliphatic carbocycles. The first-order chi connectivity index (χ1) is 9.72. The van der Waals surface area contributed by atoms with Gasteiger partial charge in [-0.25, -0.2) is 9.78 Å². The zero-order chi connectivity index (χ0) is 14.4. The number of hydrogen-bond donors (Lipinski definition) is 2. The van der Waals surface area contributed by atoms with E-state index in [4.69, 9.17) is 0 Å². The molecule has 2 amide bonds. The van der Waals surface area contributed by atoms with Crippen LogP contribution in [0.25, 0.3) is 0 Å². The molecule has 20 heavy (non-hydrogen) atoms. The van der Waals surface area contributed by atoms with E-state index in [0.29, 0.717) is 6.04 Å². The summed E-state index contributed by atoms with van der Waals surface area (Å²) in [4.78, 5) is 18.3. The second kappa shape index (κ2) is 7.12. The van der Waals surface area contributed by atoms with Gasteiger partial charge in [-0.15, -0.1) is 0 Å². The number of urea groups is 1. The van der Waals surface area contributed by atoms with Gasteiger partial charge < -0.3 is 15.5 Å². The van der Waals surface area contributed by atoms with Gasteiger partial charge in [0.15, 0.2) is 0 Å².